The fourth-order valence-electron chi connectivity index (χ4n) is 15.2. The summed E-state index contributed by atoms with van der Waals surface area (Å²) in [5.74, 6) is 16.6. The number of rotatable bonds is 7. The summed E-state index contributed by atoms with van der Waals surface area (Å²) in [6.45, 7) is 3.90. The summed E-state index contributed by atoms with van der Waals surface area (Å²) in [7, 11) is 0. The molecule has 8 bridgehead atoms. The first-order valence-electron chi connectivity index (χ1n) is 25.2. The topological polar surface area (TPSA) is 166 Å². The van der Waals surface area contributed by atoms with Gasteiger partial charge in [0.05, 0.1) is 0 Å². The number of nitrogens with two attached hydrogens (primary N) is 3. The van der Waals surface area contributed by atoms with Crippen molar-refractivity contribution in [1.82, 2.24) is 10.9 Å². The first-order chi connectivity index (χ1) is 27.5. The fraction of sp³-hybridized carbons (Fsp3) is 1.00. The summed E-state index contributed by atoms with van der Waals surface area (Å²) in [6, 6.07) is 5.01. The van der Waals surface area contributed by atoms with Crippen LogP contribution in [-0.2, 0) is 58.4 Å². The molecule has 60 heavy (non-hydrogen) atoms. The first-order valence-corrected chi connectivity index (χ1v) is 25.2. The molecule has 4 saturated carbocycles. The zero-order valence-corrected chi connectivity index (χ0v) is 47.7. The Morgan fingerprint density at radius 3 is 0.633 bits per heavy atom. The summed E-state index contributed by atoms with van der Waals surface area (Å²) in [6.07, 6.45) is 40.0. The van der Waals surface area contributed by atoms with Crippen molar-refractivity contribution in [1.29, 1.82) is 0 Å². The van der Waals surface area contributed by atoms with Crippen LogP contribution in [0.2, 0.25) is 0 Å². The molecule has 10 unspecified atom stereocenters. The zero-order valence-electron chi connectivity index (χ0n) is 38.8. The summed E-state index contributed by atoms with van der Waals surface area (Å²) < 4.78 is 0. The molecular weight excluding hydrogens is 899 g/mol. The van der Waals surface area contributed by atoms with Gasteiger partial charge in [0, 0.05) is 70.5 Å². The molecule has 9 nitrogen and oxygen atoms in total. The van der Waals surface area contributed by atoms with Crippen LogP contribution < -0.4 is 22.5 Å². The predicted molar refractivity (Wildman–Crippen MR) is 240 cm³/mol. The maximum atomic E-state index is 6.09. The van der Waals surface area contributed by atoms with E-state index >= 15 is 0 Å². The molecule has 0 radical (unpaired) electrons. The molecule has 336 valence electrons. The van der Waals surface area contributed by atoms with E-state index in [1.807, 2.05) is 13.8 Å². The van der Waals surface area contributed by atoms with Gasteiger partial charge in [0.15, 0.2) is 0 Å². The minimum atomic E-state index is 0. The van der Waals surface area contributed by atoms with Crippen molar-refractivity contribution in [2.45, 2.75) is 254 Å². The molecule has 12 heteroatoms. The maximum absolute atomic E-state index is 6.09. The molecule has 9 rings (SSSR count). The molecule has 0 spiro atoms. The third-order valence-corrected chi connectivity index (χ3v) is 18.2. The molecule has 0 amide bonds. The van der Waals surface area contributed by atoms with Crippen LogP contribution in [0.15, 0.2) is 0 Å². The van der Waals surface area contributed by atoms with Gasteiger partial charge < -0.3 is 27.4 Å². The summed E-state index contributed by atoms with van der Waals surface area (Å²) in [5, 5.41) is 24.3. The van der Waals surface area contributed by atoms with Crippen molar-refractivity contribution in [3.63, 3.8) is 0 Å². The molecule has 5 saturated heterocycles. The van der Waals surface area contributed by atoms with Gasteiger partial charge in [-0.05, 0) is 37.5 Å². The number of fused-ring (bicyclic) bond motifs is 8. The second-order valence-corrected chi connectivity index (χ2v) is 21.3. The minimum absolute atomic E-state index is 0. The van der Waals surface area contributed by atoms with E-state index in [-0.39, 0.29) is 76.7 Å². The average molecular weight is 987 g/mol. The van der Waals surface area contributed by atoms with E-state index < -0.39 is 0 Å². The van der Waals surface area contributed by atoms with Crippen LogP contribution in [0.5, 0.6) is 0 Å². The van der Waals surface area contributed by atoms with Gasteiger partial charge >= 0.3 is 0 Å². The second-order valence-electron chi connectivity index (χ2n) is 21.3. The van der Waals surface area contributed by atoms with Gasteiger partial charge in [0.25, 0.3) is 0 Å². The van der Waals surface area contributed by atoms with Gasteiger partial charge in [0.1, 0.15) is 0 Å². The van der Waals surface area contributed by atoms with Crippen molar-refractivity contribution in [2.75, 3.05) is 0 Å². The molecule has 5 aliphatic heterocycles. The van der Waals surface area contributed by atoms with E-state index in [1.54, 1.807) is 0 Å². The van der Waals surface area contributed by atoms with Crippen molar-refractivity contribution >= 4 is 0 Å². The van der Waals surface area contributed by atoms with Crippen LogP contribution in [0, 0.1) is 47.3 Å². The van der Waals surface area contributed by atoms with E-state index in [2.05, 4.69) is 10.9 Å². The Morgan fingerprint density at radius 2 is 0.483 bits per heavy atom. The summed E-state index contributed by atoms with van der Waals surface area (Å²) >= 11 is 0. The van der Waals surface area contributed by atoms with Crippen molar-refractivity contribution < 1.29 is 58.4 Å². The van der Waals surface area contributed by atoms with Crippen molar-refractivity contribution in [3.8, 4) is 0 Å². The number of nitrogens with one attached hydrogen (secondary N) is 2. The number of hydrazine groups is 2. The Hall–Kier alpha value is 1.51. The molecule has 8 N–H and O–H groups in total. The van der Waals surface area contributed by atoms with Gasteiger partial charge in [-0.3, -0.25) is 22.5 Å². The summed E-state index contributed by atoms with van der Waals surface area (Å²) in [5.41, 5.74) is 5.15. The molecule has 0 aromatic heterocycles. The number of hydrogen-bond donors (Lipinski definition) is 4. The van der Waals surface area contributed by atoms with Crippen LogP contribution in [0.25, 0.3) is 27.4 Å². The zero-order chi connectivity index (χ0) is 38.4. The SMILES string of the molecule is C1CCC(C2C3CCC([N-]3)C(C3CCCCC3)C3CCC([N-]3)C(C3CCCCC3)C3CCC([N-]3)C(C3CCCCC3)C3CCC2[N-]3)CC1.CC(NN)C(C)NN.[NH2-].[Zn].[Zn].[Zn]. The van der Waals surface area contributed by atoms with E-state index in [1.165, 1.54) is 180 Å². The van der Waals surface area contributed by atoms with Gasteiger partial charge in [-0.2, -0.15) is 0 Å². The smallest absolute Gasteiger partial charge is 0.0346 e. The third-order valence-electron chi connectivity index (χ3n) is 18.2. The molecule has 5 heterocycles. The third kappa shape index (κ3) is 12.9. The minimum Gasteiger partial charge on any atom is -0.693 e. The Kier molecular flexibility index (Phi) is 24.1. The Morgan fingerprint density at radius 1 is 0.317 bits per heavy atom. The molecule has 10 atom stereocenters. The maximum Gasteiger partial charge on any atom is 0.0346 e. The van der Waals surface area contributed by atoms with Crippen LogP contribution in [0.3, 0.4) is 0 Å². The molecule has 4 aliphatic carbocycles. The molecule has 9 aliphatic rings. The standard InChI is InChI=1S/C44H72N4.C4H14N4.H2N.3Zn/c1-5-13-29(14-6-1)41-33-21-23-35(45-33)42(30-15-7-2-8-16-30)37-25-27-39(47-37)44(32-19-11-4-12-20-32)40-28-26-38(48-40)43(31-17-9-3-10-18-31)36-24-22-34(41)46-36;1-3(7-5)4(2)8-6;;;;/h29-44H,1-28H2;3-4,7-8H,5-6H2,1-2H3;1H2;;;/q-4;;-1;;;. The second kappa shape index (κ2) is 26.7. The predicted octanol–water partition coefficient (Wildman–Crippen LogP) is 11.8. The monoisotopic (exact) mass is 983 g/mol. The number of nitrogens with zero attached hydrogens (tertiary/aromatic N) is 4. The molecular formula is C48H88N9Zn3-5. The van der Waals surface area contributed by atoms with Crippen molar-refractivity contribution in [2.24, 2.45) is 59.0 Å². The van der Waals surface area contributed by atoms with Crippen molar-refractivity contribution in [3.05, 3.63) is 27.4 Å². The van der Waals surface area contributed by atoms with E-state index in [9.17, 15) is 0 Å². The Balaban J connectivity index is 0.000000605. The molecule has 9 fully saturated rings. The van der Waals surface area contributed by atoms with Crippen LogP contribution in [-0.4, -0.2) is 60.4 Å². The summed E-state index contributed by atoms with van der Waals surface area (Å²) in [4.78, 5) is 0. The van der Waals surface area contributed by atoms with Gasteiger partial charge in [0.2, 0.25) is 0 Å². The van der Waals surface area contributed by atoms with E-state index in [4.69, 9.17) is 33.0 Å². The van der Waals surface area contributed by atoms with Gasteiger partial charge in [-0.15, -0.1) is 48.3 Å². The molecule has 0 aromatic rings. The Labute approximate surface area is 407 Å². The largest absolute Gasteiger partial charge is 0.693 e. The quantitative estimate of drug-likeness (QED) is 0.113. The average Bonchev–Trinajstić information content (AvgIpc) is 4.10. The van der Waals surface area contributed by atoms with E-state index in [0.717, 1.165) is 47.3 Å². The normalized spacial score (nSPS) is 40.4. The Bertz CT molecular complexity index is 958. The van der Waals surface area contributed by atoms with Gasteiger partial charge in [-0.25, -0.2) is 0 Å². The van der Waals surface area contributed by atoms with Crippen LogP contribution in [0.4, 0.5) is 0 Å². The van der Waals surface area contributed by atoms with Crippen LogP contribution >= 0.6 is 0 Å². The number of hydrogen-bond acceptors (Lipinski definition) is 4. The fourth-order valence-corrected chi connectivity index (χ4v) is 15.2. The van der Waals surface area contributed by atoms with Crippen LogP contribution in [0.1, 0.15) is 194 Å². The van der Waals surface area contributed by atoms with E-state index in [0.29, 0.717) is 48.3 Å². The van der Waals surface area contributed by atoms with Gasteiger partial charge in [-0.1, -0.05) is 203 Å². The molecule has 0 aromatic carbocycles. The first kappa shape index (κ1) is 54.1.